The number of benzene rings is 4. The van der Waals surface area contributed by atoms with Gasteiger partial charge in [-0.25, -0.2) is 4.79 Å². The molecule has 2 heterocycles. The van der Waals surface area contributed by atoms with Crippen molar-refractivity contribution in [3.8, 4) is 0 Å². The summed E-state index contributed by atoms with van der Waals surface area (Å²) in [6.07, 6.45) is -0.294. The van der Waals surface area contributed by atoms with Gasteiger partial charge in [0.2, 0.25) is 0 Å². The Morgan fingerprint density at radius 2 is 1.36 bits per heavy atom. The summed E-state index contributed by atoms with van der Waals surface area (Å²) in [5.41, 5.74) is 1.23. The average molecular weight is 652 g/mol. The Morgan fingerprint density at radius 1 is 0.851 bits per heavy atom. The highest BCUT2D eigenvalue weighted by atomic mass is 32.2. The van der Waals surface area contributed by atoms with Crippen LogP contribution in [0.15, 0.2) is 138 Å². The highest BCUT2D eigenvalue weighted by Crippen LogP contribution is 2.42. The van der Waals surface area contributed by atoms with Crippen LogP contribution in [0.2, 0.25) is 0 Å². The van der Waals surface area contributed by atoms with Crippen molar-refractivity contribution >= 4 is 21.8 Å². The van der Waals surface area contributed by atoms with Crippen LogP contribution in [-0.2, 0) is 29.4 Å². The maximum absolute atomic E-state index is 13.1. The largest absolute Gasteiger partial charge is 0.358 e. The molecule has 0 saturated carbocycles. The van der Waals surface area contributed by atoms with Gasteiger partial charge in [-0.15, -0.1) is 0 Å². The number of anilines is 1. The molecular formula is C36H33N3O7S. The zero-order valence-electron chi connectivity index (χ0n) is 25.5. The fourth-order valence-electron chi connectivity index (χ4n) is 5.80. The average Bonchev–Trinajstić information content (AvgIpc) is 3.47. The fourth-order valence-corrected chi connectivity index (χ4v) is 6.45. The molecule has 1 N–H and O–H groups in total. The Labute approximate surface area is 272 Å². The minimum absolute atomic E-state index is 0.0351. The molecule has 1 fully saturated rings. The molecule has 0 bridgehead atoms. The van der Waals surface area contributed by atoms with E-state index >= 15 is 0 Å². The van der Waals surface area contributed by atoms with Gasteiger partial charge < -0.3 is 14.8 Å². The fraction of sp³-hybridized carbons (Fsp3) is 0.194. The summed E-state index contributed by atoms with van der Waals surface area (Å²) >= 11 is 0. The zero-order valence-corrected chi connectivity index (χ0v) is 26.3. The summed E-state index contributed by atoms with van der Waals surface area (Å²) < 4.78 is 44.6. The van der Waals surface area contributed by atoms with E-state index in [-0.39, 0.29) is 18.8 Å². The third-order valence-corrected chi connectivity index (χ3v) is 8.50. The lowest BCUT2D eigenvalue weighted by atomic mass is 9.80. The molecule has 1 aliphatic rings. The number of aromatic nitrogens is 2. The van der Waals surface area contributed by atoms with Crippen LogP contribution in [-0.4, -0.2) is 48.9 Å². The van der Waals surface area contributed by atoms with E-state index in [2.05, 4.69) is 10.3 Å². The van der Waals surface area contributed by atoms with Crippen molar-refractivity contribution in [2.24, 2.45) is 0 Å². The summed E-state index contributed by atoms with van der Waals surface area (Å²) in [5, 5.41) is 2.62. The normalized spacial score (nSPS) is 18.1. The van der Waals surface area contributed by atoms with E-state index in [0.29, 0.717) is 5.56 Å². The minimum Gasteiger partial charge on any atom is -0.358 e. The predicted octanol–water partition coefficient (Wildman–Crippen LogP) is 5.14. The van der Waals surface area contributed by atoms with Crippen LogP contribution in [0.1, 0.15) is 39.7 Å². The maximum atomic E-state index is 13.1. The molecule has 0 unspecified atom stereocenters. The first kappa shape index (κ1) is 32.0. The molecule has 10 nitrogen and oxygen atoms in total. The Morgan fingerprint density at radius 3 is 1.85 bits per heavy atom. The van der Waals surface area contributed by atoms with Gasteiger partial charge in [0.15, 0.2) is 0 Å². The molecule has 47 heavy (non-hydrogen) atoms. The Kier molecular flexibility index (Phi) is 9.41. The molecule has 3 atom stereocenters. The molecule has 5 aromatic rings. The number of hydrogen-bond acceptors (Lipinski definition) is 8. The highest BCUT2D eigenvalue weighted by Gasteiger charge is 2.44. The molecule has 240 valence electrons. The van der Waals surface area contributed by atoms with Gasteiger partial charge in [-0.2, -0.15) is 13.4 Å². The lowest BCUT2D eigenvalue weighted by Crippen LogP contribution is -2.39. The number of nitrogens with one attached hydrogen (secondary N) is 1. The monoisotopic (exact) mass is 651 g/mol. The Bertz CT molecular complexity index is 1880. The number of carbonyl (C=O) groups is 1. The van der Waals surface area contributed by atoms with Crippen molar-refractivity contribution in [1.82, 2.24) is 9.55 Å². The lowest BCUT2D eigenvalue weighted by molar-refractivity contribution is -0.0910. The SMILES string of the molecule is CS(=O)(=O)O[C@H]1C[C@H](n2ccc(NC(=O)c3ccccc3)nc2=O)O[C@@H]1COC(c1ccccc1)(c1ccccc1)c1ccccc1. The Hall–Kier alpha value is -4.94. The molecule has 0 aliphatic carbocycles. The molecule has 11 heteroatoms. The number of rotatable bonds is 11. The van der Waals surface area contributed by atoms with Gasteiger partial charge in [0.1, 0.15) is 29.9 Å². The summed E-state index contributed by atoms with van der Waals surface area (Å²) in [6, 6.07) is 39.3. The van der Waals surface area contributed by atoms with Crippen LogP contribution >= 0.6 is 0 Å². The van der Waals surface area contributed by atoms with Crippen LogP contribution in [0, 0.1) is 0 Å². The second kappa shape index (κ2) is 13.8. The molecule has 1 aliphatic heterocycles. The van der Waals surface area contributed by atoms with Gasteiger partial charge in [0, 0.05) is 18.2 Å². The summed E-state index contributed by atoms with van der Waals surface area (Å²) in [4.78, 5) is 29.7. The Balaban J connectivity index is 1.30. The molecule has 1 saturated heterocycles. The van der Waals surface area contributed by atoms with Crippen molar-refractivity contribution in [3.05, 3.63) is 166 Å². The number of carbonyl (C=O) groups excluding carboxylic acids is 1. The summed E-state index contributed by atoms with van der Waals surface area (Å²) in [5.74, 6) is -0.342. The summed E-state index contributed by atoms with van der Waals surface area (Å²) in [7, 11) is -3.90. The van der Waals surface area contributed by atoms with E-state index < -0.39 is 45.8 Å². The molecule has 4 aromatic carbocycles. The third kappa shape index (κ3) is 7.23. The van der Waals surface area contributed by atoms with Gasteiger partial charge in [-0.3, -0.25) is 13.5 Å². The van der Waals surface area contributed by atoms with Crippen LogP contribution in [0.4, 0.5) is 5.82 Å². The van der Waals surface area contributed by atoms with Crippen LogP contribution in [0.25, 0.3) is 0 Å². The molecular weight excluding hydrogens is 618 g/mol. The van der Waals surface area contributed by atoms with E-state index in [0.717, 1.165) is 22.9 Å². The van der Waals surface area contributed by atoms with E-state index in [4.69, 9.17) is 13.7 Å². The predicted molar refractivity (Wildman–Crippen MR) is 176 cm³/mol. The van der Waals surface area contributed by atoms with Crippen LogP contribution in [0.5, 0.6) is 0 Å². The molecule has 6 rings (SSSR count). The van der Waals surface area contributed by atoms with Crippen molar-refractivity contribution < 1.29 is 26.9 Å². The first-order chi connectivity index (χ1) is 22.7. The molecule has 0 radical (unpaired) electrons. The first-order valence-corrected chi connectivity index (χ1v) is 16.8. The quantitative estimate of drug-likeness (QED) is 0.154. The number of nitrogens with zero attached hydrogens (tertiary/aromatic N) is 2. The molecule has 1 aromatic heterocycles. The topological polar surface area (TPSA) is 126 Å². The number of amides is 1. The van der Waals surface area contributed by atoms with Crippen LogP contribution in [0.3, 0.4) is 0 Å². The zero-order chi connectivity index (χ0) is 32.9. The highest BCUT2D eigenvalue weighted by molar-refractivity contribution is 7.86. The smallest absolute Gasteiger partial charge is 0.351 e. The van der Waals surface area contributed by atoms with Gasteiger partial charge >= 0.3 is 5.69 Å². The van der Waals surface area contributed by atoms with E-state index in [9.17, 15) is 18.0 Å². The standard InChI is InChI=1S/C36H33N3O7S/c1-47(42,43)46-30-24-33(39-23-22-32(38-35(39)41)37-34(40)26-14-6-2-7-15-26)45-31(30)25-44-36(27-16-8-3-9-17-27,28-18-10-4-11-19-28)29-20-12-5-13-21-29/h2-23,30-31,33H,24-25H2,1H3,(H,37,38,40,41)/t30-,31+,33+/m0/s1. The number of ether oxygens (including phenoxy) is 2. The van der Waals surface area contributed by atoms with Gasteiger partial charge in [0.25, 0.3) is 16.0 Å². The van der Waals surface area contributed by atoms with Crippen molar-refractivity contribution in [2.75, 3.05) is 18.2 Å². The van der Waals surface area contributed by atoms with Gasteiger partial charge in [-0.05, 0) is 34.9 Å². The lowest BCUT2D eigenvalue weighted by Gasteiger charge is -2.37. The van der Waals surface area contributed by atoms with E-state index in [1.54, 1.807) is 30.3 Å². The minimum atomic E-state index is -3.90. The van der Waals surface area contributed by atoms with Crippen molar-refractivity contribution in [3.63, 3.8) is 0 Å². The maximum Gasteiger partial charge on any atom is 0.351 e. The third-order valence-electron chi connectivity index (χ3n) is 7.90. The molecule has 1 amide bonds. The van der Waals surface area contributed by atoms with E-state index in [1.165, 1.54) is 16.8 Å². The van der Waals surface area contributed by atoms with E-state index in [1.807, 2.05) is 91.0 Å². The number of hydrogen-bond donors (Lipinski definition) is 1. The van der Waals surface area contributed by atoms with Crippen molar-refractivity contribution in [2.45, 2.75) is 30.5 Å². The van der Waals surface area contributed by atoms with Gasteiger partial charge in [0.05, 0.1) is 12.9 Å². The first-order valence-electron chi connectivity index (χ1n) is 15.0. The van der Waals surface area contributed by atoms with Crippen molar-refractivity contribution in [1.29, 1.82) is 0 Å². The van der Waals surface area contributed by atoms with Gasteiger partial charge in [-0.1, -0.05) is 109 Å². The summed E-state index contributed by atoms with van der Waals surface area (Å²) in [6.45, 7) is -0.0806. The second-order valence-corrected chi connectivity index (χ2v) is 12.7. The second-order valence-electron chi connectivity index (χ2n) is 11.1. The molecule has 0 spiro atoms. The van der Waals surface area contributed by atoms with Crippen LogP contribution < -0.4 is 11.0 Å².